The number of hydrogen-bond donors (Lipinski definition) is 3. The summed E-state index contributed by atoms with van der Waals surface area (Å²) in [5.41, 5.74) is 0.481. The molecule has 1 aromatic rings. The first-order valence-corrected chi connectivity index (χ1v) is 9.14. The Morgan fingerprint density at radius 1 is 1.23 bits per heavy atom. The van der Waals surface area contributed by atoms with Gasteiger partial charge in [0.05, 0.1) is 22.0 Å². The first-order valence-electron chi connectivity index (χ1n) is 7.47. The van der Waals surface area contributed by atoms with Gasteiger partial charge in [0.25, 0.3) is 0 Å². The summed E-state index contributed by atoms with van der Waals surface area (Å²) in [6.45, 7) is 4.00. The fourth-order valence-electron chi connectivity index (χ4n) is 4.34. The third-order valence-electron chi connectivity index (χ3n) is 5.60. The standard InChI is InChI=1S/C17H22O4S/c1-16(2)14-8-9-17(16,11-22(19,20)21)15(18)13(14)10-12-6-4-3-5-7-12/h3-7,10,14,19-21H,8-9,11H2,1-2H3/b13-10+. The lowest BCUT2D eigenvalue weighted by atomic mass is 9.70. The van der Waals surface area contributed by atoms with E-state index in [9.17, 15) is 18.5 Å². The Kier molecular flexibility index (Phi) is 3.53. The van der Waals surface area contributed by atoms with Crippen LogP contribution in [0.3, 0.4) is 0 Å². The van der Waals surface area contributed by atoms with Crippen molar-refractivity contribution in [3.63, 3.8) is 0 Å². The lowest BCUT2D eigenvalue weighted by molar-refractivity contribution is -0.125. The molecule has 0 aliphatic heterocycles. The average molecular weight is 322 g/mol. The third-order valence-corrected chi connectivity index (χ3v) is 6.48. The Morgan fingerprint density at radius 2 is 1.86 bits per heavy atom. The molecule has 2 aliphatic rings. The highest BCUT2D eigenvalue weighted by Gasteiger charge is 2.67. The molecule has 2 unspecified atom stereocenters. The zero-order chi connectivity index (χ0) is 16.2. The van der Waals surface area contributed by atoms with Gasteiger partial charge in [0, 0.05) is 5.57 Å². The average Bonchev–Trinajstić information content (AvgIpc) is 2.73. The van der Waals surface area contributed by atoms with Crippen molar-refractivity contribution in [2.24, 2.45) is 16.7 Å². The number of fused-ring (bicyclic) bond motifs is 2. The van der Waals surface area contributed by atoms with Crippen LogP contribution in [0.15, 0.2) is 35.9 Å². The second-order valence-corrected chi connectivity index (χ2v) is 8.56. The van der Waals surface area contributed by atoms with E-state index in [1.54, 1.807) is 0 Å². The van der Waals surface area contributed by atoms with Gasteiger partial charge in [-0.2, -0.15) is 0 Å². The van der Waals surface area contributed by atoms with Gasteiger partial charge in [0.1, 0.15) is 0 Å². The van der Waals surface area contributed by atoms with E-state index in [4.69, 9.17) is 0 Å². The Hall–Kier alpha value is -1.14. The molecule has 1 aromatic carbocycles. The second kappa shape index (κ2) is 4.93. The number of carbonyl (C=O) groups is 1. The molecule has 2 saturated carbocycles. The van der Waals surface area contributed by atoms with Gasteiger partial charge in [-0.25, -0.2) is 0 Å². The van der Waals surface area contributed by atoms with E-state index >= 15 is 0 Å². The molecule has 0 spiro atoms. The minimum atomic E-state index is -3.70. The molecule has 5 heteroatoms. The van der Waals surface area contributed by atoms with E-state index in [1.165, 1.54) is 0 Å². The molecule has 22 heavy (non-hydrogen) atoms. The summed E-state index contributed by atoms with van der Waals surface area (Å²) in [5, 5.41) is 0. The van der Waals surface area contributed by atoms with Gasteiger partial charge in [-0.05, 0) is 35.8 Å². The summed E-state index contributed by atoms with van der Waals surface area (Å²) in [6.07, 6.45) is 3.36. The predicted octanol–water partition coefficient (Wildman–Crippen LogP) is 4.30. The molecule has 3 rings (SSSR count). The highest BCUT2D eigenvalue weighted by molar-refractivity contribution is 8.19. The number of rotatable bonds is 3. The van der Waals surface area contributed by atoms with Crippen molar-refractivity contribution in [1.29, 1.82) is 0 Å². The van der Waals surface area contributed by atoms with Crippen LogP contribution in [0.5, 0.6) is 0 Å². The smallest absolute Gasteiger partial charge is 0.166 e. The summed E-state index contributed by atoms with van der Waals surface area (Å²) >= 11 is 0. The number of ketones is 1. The van der Waals surface area contributed by atoms with Crippen molar-refractivity contribution in [3.05, 3.63) is 41.5 Å². The van der Waals surface area contributed by atoms with Crippen LogP contribution >= 0.6 is 10.9 Å². The molecular formula is C17H22O4S. The van der Waals surface area contributed by atoms with E-state index in [-0.39, 0.29) is 22.9 Å². The summed E-state index contributed by atoms with van der Waals surface area (Å²) in [4.78, 5) is 13.0. The van der Waals surface area contributed by atoms with E-state index in [0.717, 1.165) is 17.6 Å². The molecule has 0 saturated heterocycles. The molecule has 0 heterocycles. The molecule has 2 atom stereocenters. The van der Waals surface area contributed by atoms with Crippen molar-refractivity contribution < 1.29 is 18.5 Å². The van der Waals surface area contributed by atoms with Gasteiger partial charge < -0.3 is 13.7 Å². The normalized spacial score (nSPS) is 32.7. The molecule has 3 N–H and O–H groups in total. The molecular weight excluding hydrogens is 300 g/mol. The minimum Gasteiger partial charge on any atom is -0.308 e. The van der Waals surface area contributed by atoms with Gasteiger partial charge in [0.15, 0.2) is 5.78 Å². The SMILES string of the molecule is CC1(C)C2CCC1(CS(O)(O)O)C(=O)/C2=C/c1ccccc1. The number of Topliss-reactive ketones (excluding diaryl/α,β-unsaturated/α-hetero) is 1. The monoisotopic (exact) mass is 322 g/mol. The Labute approximate surface area is 132 Å². The highest BCUT2D eigenvalue weighted by Crippen LogP contribution is 2.68. The quantitative estimate of drug-likeness (QED) is 0.725. The van der Waals surface area contributed by atoms with Crippen molar-refractivity contribution in [2.75, 3.05) is 5.75 Å². The predicted molar refractivity (Wildman–Crippen MR) is 88.7 cm³/mol. The second-order valence-electron chi connectivity index (χ2n) is 7.01. The Bertz CT molecular complexity index is 630. The number of hydrogen-bond acceptors (Lipinski definition) is 4. The van der Waals surface area contributed by atoms with Crippen molar-refractivity contribution in [3.8, 4) is 0 Å². The van der Waals surface area contributed by atoms with Crippen molar-refractivity contribution in [2.45, 2.75) is 26.7 Å². The van der Waals surface area contributed by atoms with Crippen LogP contribution in [0.4, 0.5) is 0 Å². The Morgan fingerprint density at radius 3 is 2.45 bits per heavy atom. The van der Waals surface area contributed by atoms with Crippen molar-refractivity contribution in [1.82, 2.24) is 0 Å². The van der Waals surface area contributed by atoms with Crippen LogP contribution in [-0.4, -0.2) is 25.2 Å². The maximum Gasteiger partial charge on any atom is 0.166 e. The first kappa shape index (κ1) is 15.7. The molecule has 0 radical (unpaired) electrons. The fourth-order valence-corrected chi connectivity index (χ4v) is 5.65. The van der Waals surface area contributed by atoms with E-state index < -0.39 is 16.3 Å². The van der Waals surface area contributed by atoms with Crippen LogP contribution < -0.4 is 0 Å². The van der Waals surface area contributed by atoms with Crippen LogP contribution in [-0.2, 0) is 4.79 Å². The number of carbonyl (C=O) groups excluding carboxylic acids is 1. The summed E-state index contributed by atoms with van der Waals surface area (Å²) in [6, 6.07) is 9.68. The van der Waals surface area contributed by atoms with Crippen LogP contribution in [0.1, 0.15) is 32.3 Å². The lowest BCUT2D eigenvalue weighted by Gasteiger charge is -2.39. The zero-order valence-corrected chi connectivity index (χ0v) is 13.6. The van der Waals surface area contributed by atoms with Crippen LogP contribution in [0, 0.1) is 16.7 Å². The summed E-state index contributed by atoms with van der Waals surface area (Å²) in [5.74, 6) is -0.192. The van der Waals surface area contributed by atoms with Gasteiger partial charge in [-0.3, -0.25) is 4.79 Å². The van der Waals surface area contributed by atoms with Crippen LogP contribution in [0.25, 0.3) is 6.08 Å². The molecule has 120 valence electrons. The molecule has 2 fully saturated rings. The van der Waals surface area contributed by atoms with Crippen molar-refractivity contribution >= 4 is 22.7 Å². The highest BCUT2D eigenvalue weighted by atomic mass is 32.3. The molecule has 0 amide bonds. The zero-order valence-electron chi connectivity index (χ0n) is 12.8. The molecule has 4 nitrogen and oxygen atoms in total. The molecule has 0 aromatic heterocycles. The molecule has 2 bridgehead atoms. The van der Waals surface area contributed by atoms with Gasteiger partial charge in [-0.1, -0.05) is 44.2 Å². The summed E-state index contributed by atoms with van der Waals surface area (Å²) in [7, 11) is -3.70. The third kappa shape index (κ3) is 2.24. The Balaban J connectivity index is 2.05. The van der Waals surface area contributed by atoms with Crippen LogP contribution in [0.2, 0.25) is 0 Å². The maximum absolute atomic E-state index is 13.0. The van der Waals surface area contributed by atoms with E-state index in [2.05, 4.69) is 0 Å². The number of benzene rings is 1. The largest absolute Gasteiger partial charge is 0.308 e. The minimum absolute atomic E-state index is 0.0355. The van der Waals surface area contributed by atoms with Gasteiger partial charge >= 0.3 is 0 Å². The lowest BCUT2D eigenvalue weighted by Crippen LogP contribution is -2.41. The molecule has 2 aliphatic carbocycles. The fraction of sp³-hybridized carbons (Fsp3) is 0.471. The topological polar surface area (TPSA) is 77.8 Å². The van der Waals surface area contributed by atoms with E-state index in [0.29, 0.717) is 6.42 Å². The van der Waals surface area contributed by atoms with Gasteiger partial charge in [-0.15, -0.1) is 0 Å². The van der Waals surface area contributed by atoms with E-state index in [1.807, 2.05) is 50.3 Å². The summed E-state index contributed by atoms with van der Waals surface area (Å²) < 4.78 is 28.6. The maximum atomic E-state index is 13.0. The first-order chi connectivity index (χ1) is 10.2. The van der Waals surface area contributed by atoms with Gasteiger partial charge in [0.2, 0.25) is 0 Å². The number of allylic oxidation sites excluding steroid dienone is 1.